The van der Waals surface area contributed by atoms with Gasteiger partial charge in [0.15, 0.2) is 0 Å². The van der Waals surface area contributed by atoms with Crippen LogP contribution in [0.5, 0.6) is 0 Å². The highest BCUT2D eigenvalue weighted by atomic mass is 19.1. The van der Waals surface area contributed by atoms with Crippen LogP contribution in [0.15, 0.2) is 24.3 Å². The van der Waals surface area contributed by atoms with Gasteiger partial charge in [-0.1, -0.05) is 12.1 Å². The van der Waals surface area contributed by atoms with Gasteiger partial charge in [-0.3, -0.25) is 0 Å². The van der Waals surface area contributed by atoms with E-state index in [1.54, 1.807) is 12.1 Å². The van der Waals surface area contributed by atoms with Gasteiger partial charge in [-0.2, -0.15) is 0 Å². The van der Waals surface area contributed by atoms with Gasteiger partial charge in [-0.15, -0.1) is 0 Å². The Kier molecular flexibility index (Phi) is 4.74. The molecule has 0 radical (unpaired) electrons. The van der Waals surface area contributed by atoms with Crippen LogP contribution in [-0.4, -0.2) is 49.1 Å². The highest BCUT2D eigenvalue weighted by Crippen LogP contribution is 2.04. The molecule has 1 aromatic carbocycles. The summed E-state index contributed by atoms with van der Waals surface area (Å²) < 4.78 is 12.8. The number of likely N-dealkylation sites (N-methyl/N-ethyl adjacent to an activating group) is 1. The van der Waals surface area contributed by atoms with Crippen molar-refractivity contribution in [3.05, 3.63) is 35.6 Å². The average Bonchev–Trinajstić information content (AvgIpc) is 2.63. The minimum absolute atomic E-state index is 0.0420. The van der Waals surface area contributed by atoms with Gasteiger partial charge < -0.3 is 15.1 Å². The number of carbonyl (C=O) groups is 1. The number of carbonyl (C=O) groups excluding carboxylic acids is 1. The van der Waals surface area contributed by atoms with Crippen LogP contribution in [0.2, 0.25) is 0 Å². The Morgan fingerprint density at radius 3 is 2.68 bits per heavy atom. The monoisotopic (exact) mass is 265 g/mol. The topological polar surface area (TPSA) is 35.6 Å². The Hall–Kier alpha value is -1.62. The summed E-state index contributed by atoms with van der Waals surface area (Å²) in [7, 11) is 2.07. The van der Waals surface area contributed by atoms with Crippen LogP contribution in [0.1, 0.15) is 12.0 Å². The Labute approximate surface area is 113 Å². The number of hydrogen-bond donors (Lipinski definition) is 1. The minimum Gasteiger partial charge on any atom is -0.334 e. The lowest BCUT2D eigenvalue weighted by Gasteiger charge is -2.21. The molecule has 1 saturated heterocycles. The first kappa shape index (κ1) is 13.8. The molecule has 2 amide bonds. The van der Waals surface area contributed by atoms with Gasteiger partial charge in [0.05, 0.1) is 0 Å². The third kappa shape index (κ3) is 4.21. The number of hydrogen-bond acceptors (Lipinski definition) is 2. The second-order valence-corrected chi connectivity index (χ2v) is 4.93. The average molecular weight is 265 g/mol. The van der Waals surface area contributed by atoms with Gasteiger partial charge in [0.2, 0.25) is 0 Å². The van der Waals surface area contributed by atoms with Gasteiger partial charge >= 0.3 is 6.03 Å². The van der Waals surface area contributed by atoms with E-state index in [1.165, 1.54) is 12.1 Å². The van der Waals surface area contributed by atoms with Gasteiger partial charge in [0, 0.05) is 26.2 Å². The summed E-state index contributed by atoms with van der Waals surface area (Å²) in [5.74, 6) is -0.259. The predicted octanol–water partition coefficient (Wildman–Crippen LogP) is 1.67. The maximum Gasteiger partial charge on any atom is 0.317 e. The lowest BCUT2D eigenvalue weighted by Crippen LogP contribution is -2.41. The van der Waals surface area contributed by atoms with Crippen molar-refractivity contribution in [3.8, 4) is 0 Å². The minimum atomic E-state index is -0.259. The van der Waals surface area contributed by atoms with Gasteiger partial charge in [0.25, 0.3) is 0 Å². The van der Waals surface area contributed by atoms with E-state index in [0.29, 0.717) is 6.54 Å². The summed E-state index contributed by atoms with van der Waals surface area (Å²) in [4.78, 5) is 16.1. The fourth-order valence-electron chi connectivity index (χ4n) is 2.14. The van der Waals surface area contributed by atoms with Crippen molar-refractivity contribution in [2.24, 2.45) is 0 Å². The zero-order chi connectivity index (χ0) is 13.7. The van der Waals surface area contributed by atoms with Gasteiger partial charge in [-0.05, 0) is 37.7 Å². The molecule has 1 N–H and O–H groups in total. The van der Waals surface area contributed by atoms with Crippen LogP contribution in [-0.2, 0) is 6.54 Å². The quantitative estimate of drug-likeness (QED) is 0.883. The first-order chi connectivity index (χ1) is 9.15. The molecule has 104 valence electrons. The van der Waals surface area contributed by atoms with E-state index in [0.717, 1.165) is 38.2 Å². The van der Waals surface area contributed by atoms with E-state index in [1.807, 2.05) is 4.90 Å². The molecule has 0 unspecified atom stereocenters. The third-order valence-corrected chi connectivity index (χ3v) is 3.36. The molecule has 0 aliphatic carbocycles. The SMILES string of the molecule is CN1CCCN(C(=O)NCc2ccc(F)cc2)CC1. The van der Waals surface area contributed by atoms with Crippen LogP contribution in [0.3, 0.4) is 0 Å². The number of nitrogens with one attached hydrogen (secondary N) is 1. The number of urea groups is 1. The fraction of sp³-hybridized carbons (Fsp3) is 0.500. The maximum absolute atomic E-state index is 12.8. The van der Waals surface area contributed by atoms with Crippen LogP contribution in [0, 0.1) is 5.82 Å². The van der Waals surface area contributed by atoms with E-state index in [2.05, 4.69) is 17.3 Å². The van der Waals surface area contributed by atoms with Crippen molar-refractivity contribution in [2.45, 2.75) is 13.0 Å². The van der Waals surface area contributed by atoms with Crippen molar-refractivity contribution >= 4 is 6.03 Å². The van der Waals surface area contributed by atoms with Crippen molar-refractivity contribution < 1.29 is 9.18 Å². The molecule has 5 heteroatoms. The summed E-state index contributed by atoms with van der Waals surface area (Å²) >= 11 is 0. The van der Waals surface area contributed by atoms with E-state index in [9.17, 15) is 9.18 Å². The molecule has 1 aliphatic heterocycles. The molecule has 1 aliphatic rings. The maximum atomic E-state index is 12.8. The van der Waals surface area contributed by atoms with Crippen LogP contribution >= 0.6 is 0 Å². The molecule has 19 heavy (non-hydrogen) atoms. The van der Waals surface area contributed by atoms with Crippen LogP contribution in [0.4, 0.5) is 9.18 Å². The van der Waals surface area contributed by atoms with E-state index < -0.39 is 0 Å². The van der Waals surface area contributed by atoms with Crippen molar-refractivity contribution in [1.29, 1.82) is 0 Å². The number of rotatable bonds is 2. The number of amides is 2. The molecule has 0 bridgehead atoms. The normalized spacial score (nSPS) is 17.1. The predicted molar refractivity (Wildman–Crippen MR) is 72.3 cm³/mol. The van der Waals surface area contributed by atoms with Crippen molar-refractivity contribution in [2.75, 3.05) is 33.2 Å². The Morgan fingerprint density at radius 2 is 1.95 bits per heavy atom. The van der Waals surface area contributed by atoms with E-state index in [-0.39, 0.29) is 11.8 Å². The highest BCUT2D eigenvalue weighted by molar-refractivity contribution is 5.74. The highest BCUT2D eigenvalue weighted by Gasteiger charge is 2.16. The molecular weight excluding hydrogens is 245 g/mol. The zero-order valence-electron chi connectivity index (χ0n) is 11.2. The van der Waals surface area contributed by atoms with Gasteiger partial charge in [0.1, 0.15) is 5.82 Å². The molecule has 1 aromatic rings. The van der Waals surface area contributed by atoms with Crippen molar-refractivity contribution in [1.82, 2.24) is 15.1 Å². The molecule has 1 heterocycles. The number of nitrogens with zero attached hydrogens (tertiary/aromatic N) is 2. The molecule has 0 atom stereocenters. The molecule has 1 fully saturated rings. The molecule has 4 nitrogen and oxygen atoms in total. The summed E-state index contributed by atoms with van der Waals surface area (Å²) in [6, 6.07) is 6.14. The van der Waals surface area contributed by atoms with Crippen LogP contribution in [0.25, 0.3) is 0 Å². The van der Waals surface area contributed by atoms with Gasteiger partial charge in [-0.25, -0.2) is 9.18 Å². The molecule has 0 spiro atoms. The lowest BCUT2D eigenvalue weighted by atomic mass is 10.2. The molecular formula is C14H20FN3O. The second-order valence-electron chi connectivity index (χ2n) is 4.93. The Balaban J connectivity index is 1.82. The molecule has 0 saturated carbocycles. The number of benzene rings is 1. The Bertz CT molecular complexity index is 421. The Morgan fingerprint density at radius 1 is 1.21 bits per heavy atom. The fourth-order valence-corrected chi connectivity index (χ4v) is 2.14. The summed E-state index contributed by atoms with van der Waals surface area (Å²) in [6.07, 6.45) is 1.00. The van der Waals surface area contributed by atoms with E-state index >= 15 is 0 Å². The third-order valence-electron chi connectivity index (χ3n) is 3.36. The molecule has 2 rings (SSSR count). The zero-order valence-corrected chi connectivity index (χ0v) is 11.2. The van der Waals surface area contributed by atoms with Crippen LogP contribution < -0.4 is 5.32 Å². The van der Waals surface area contributed by atoms with Crippen molar-refractivity contribution in [3.63, 3.8) is 0 Å². The molecule has 0 aromatic heterocycles. The second kappa shape index (κ2) is 6.52. The first-order valence-electron chi connectivity index (χ1n) is 6.61. The standard InChI is InChI=1S/C14H20FN3O/c1-17-7-2-8-18(10-9-17)14(19)16-11-12-3-5-13(15)6-4-12/h3-6H,2,7-11H2,1H3,(H,16,19). The number of halogens is 1. The van der Waals surface area contributed by atoms with E-state index in [4.69, 9.17) is 0 Å². The smallest absolute Gasteiger partial charge is 0.317 e. The summed E-state index contributed by atoms with van der Waals surface area (Å²) in [5.41, 5.74) is 0.904. The summed E-state index contributed by atoms with van der Waals surface area (Å²) in [6.45, 7) is 3.92. The largest absolute Gasteiger partial charge is 0.334 e. The lowest BCUT2D eigenvalue weighted by molar-refractivity contribution is 0.199. The first-order valence-corrected chi connectivity index (χ1v) is 6.61. The summed E-state index contributed by atoms with van der Waals surface area (Å²) in [5, 5.41) is 2.88.